The van der Waals surface area contributed by atoms with E-state index in [1.165, 1.54) is 11.8 Å². The van der Waals surface area contributed by atoms with Crippen molar-refractivity contribution in [3.63, 3.8) is 0 Å². The average Bonchev–Trinajstić information content (AvgIpc) is 3.19. The van der Waals surface area contributed by atoms with E-state index in [-0.39, 0.29) is 101 Å². The number of hydrogen-bond donors (Lipinski definition) is 8. The Morgan fingerprint density at radius 1 is 0.517 bits per heavy atom. The third kappa shape index (κ3) is 33.0. The highest BCUT2D eigenvalue weighted by Crippen LogP contribution is 2.13. The lowest BCUT2D eigenvalue weighted by Gasteiger charge is -2.17. The van der Waals surface area contributed by atoms with Gasteiger partial charge in [0, 0.05) is 50.4 Å². The van der Waals surface area contributed by atoms with Crippen molar-refractivity contribution in [1.29, 1.82) is 0 Å². The van der Waals surface area contributed by atoms with Gasteiger partial charge >= 0.3 is 17.9 Å². The molecule has 0 saturated carbocycles. The van der Waals surface area contributed by atoms with Gasteiger partial charge in [0.25, 0.3) is 0 Å². The van der Waals surface area contributed by atoms with E-state index in [4.69, 9.17) is 14.6 Å². The first kappa shape index (κ1) is 56.2. The summed E-state index contributed by atoms with van der Waals surface area (Å²) in [4.78, 5) is 95.1. The quantitative estimate of drug-likeness (QED) is 0.0410. The number of rotatable bonds is 41. The molecule has 18 nitrogen and oxygen atoms in total. The number of ketones is 1. The van der Waals surface area contributed by atoms with Crippen LogP contribution in [0.3, 0.4) is 0 Å². The Morgan fingerprint density at radius 3 is 1.37 bits per heavy atom. The molecule has 0 aliphatic rings. The van der Waals surface area contributed by atoms with Gasteiger partial charge in [0.05, 0.1) is 38.2 Å². The molecule has 0 aromatic carbocycles. The second-order valence-electron chi connectivity index (χ2n) is 15.0. The van der Waals surface area contributed by atoms with E-state index in [9.17, 15) is 48.6 Å². The van der Waals surface area contributed by atoms with Crippen molar-refractivity contribution in [3.05, 3.63) is 0 Å². The van der Waals surface area contributed by atoms with Gasteiger partial charge in [-0.15, -0.1) is 11.8 Å². The number of likely N-dealkylation sites (N-methyl/N-ethyl adjacent to an activating group) is 1. The number of thioether (sulfide) groups is 1. The molecule has 3 atom stereocenters. The van der Waals surface area contributed by atoms with Crippen LogP contribution in [-0.2, 0) is 47.8 Å². The molecule has 0 aliphatic heterocycles. The number of ether oxygens (including phenoxy) is 2. The maximum atomic E-state index is 12.5. The fourth-order valence-electron chi connectivity index (χ4n) is 5.89. The van der Waals surface area contributed by atoms with E-state index in [2.05, 4.69) is 26.6 Å². The van der Waals surface area contributed by atoms with E-state index < -0.39 is 47.7 Å². The molecule has 4 amide bonds. The Bertz CT molecular complexity index is 1270. The lowest BCUT2D eigenvalue weighted by Crippen LogP contribution is -2.44. The molecule has 0 heterocycles. The number of carboxylic acid groups (broad SMARTS) is 3. The van der Waals surface area contributed by atoms with Crippen molar-refractivity contribution >= 4 is 59.1 Å². The zero-order valence-electron chi connectivity index (χ0n) is 36.0. The number of nitrogens with one attached hydrogen (secondary N) is 5. The van der Waals surface area contributed by atoms with Gasteiger partial charge in [-0.2, -0.15) is 0 Å². The molecule has 3 unspecified atom stereocenters. The summed E-state index contributed by atoms with van der Waals surface area (Å²) >= 11 is 1.38. The van der Waals surface area contributed by atoms with E-state index in [0.29, 0.717) is 18.7 Å². The molecule has 0 aromatic rings. The zero-order valence-corrected chi connectivity index (χ0v) is 36.8. The summed E-state index contributed by atoms with van der Waals surface area (Å²) in [5, 5.41) is 40.8. The van der Waals surface area contributed by atoms with Crippen LogP contribution in [0.2, 0.25) is 0 Å². The minimum absolute atomic E-state index is 0.0825. The summed E-state index contributed by atoms with van der Waals surface area (Å²) in [5.41, 5.74) is 0. The summed E-state index contributed by atoms with van der Waals surface area (Å²) in [6, 6.07) is -2.97. The SMILES string of the molecule is CNC(CSCC(=O)NCCOCCOCCNC(=O)CCC(NC(=O)CCC(NC(=O)CCCCCCCCCCCCCCC(=O)O)C(=O)O)C(=O)O)C(=O)C(C)C. The first-order valence-corrected chi connectivity index (χ1v) is 22.6. The van der Waals surface area contributed by atoms with Gasteiger partial charge in [-0.3, -0.25) is 28.8 Å². The van der Waals surface area contributed by atoms with Crippen LogP contribution in [0, 0.1) is 5.92 Å². The first-order valence-electron chi connectivity index (χ1n) is 21.4. The second-order valence-corrected chi connectivity index (χ2v) is 16.0. The van der Waals surface area contributed by atoms with Crippen molar-refractivity contribution in [1.82, 2.24) is 26.6 Å². The molecule has 0 radical (unpaired) electrons. The molecule has 0 aromatic heterocycles. The molecule has 0 bridgehead atoms. The van der Waals surface area contributed by atoms with Crippen LogP contribution in [0.25, 0.3) is 0 Å². The van der Waals surface area contributed by atoms with Gasteiger partial charge in [0.15, 0.2) is 5.78 Å². The molecule has 0 saturated heterocycles. The van der Waals surface area contributed by atoms with E-state index >= 15 is 0 Å². The summed E-state index contributed by atoms with van der Waals surface area (Å²) in [6.45, 7) is 5.15. The molecule has 0 fully saturated rings. The Kier molecular flexibility index (Phi) is 34.6. The number of hydrogen-bond acceptors (Lipinski definition) is 12. The highest BCUT2D eigenvalue weighted by Gasteiger charge is 2.25. The van der Waals surface area contributed by atoms with Crippen LogP contribution < -0.4 is 26.6 Å². The average molecular weight is 876 g/mol. The van der Waals surface area contributed by atoms with Crippen LogP contribution in [0.1, 0.15) is 129 Å². The number of unbranched alkanes of at least 4 members (excludes halogenated alkanes) is 11. The van der Waals surface area contributed by atoms with Crippen LogP contribution >= 0.6 is 11.8 Å². The van der Waals surface area contributed by atoms with E-state index in [0.717, 1.165) is 70.6 Å². The van der Waals surface area contributed by atoms with E-state index in [1.807, 2.05) is 13.8 Å². The normalized spacial score (nSPS) is 12.6. The van der Waals surface area contributed by atoms with Gasteiger partial charge in [0.1, 0.15) is 12.1 Å². The molecule has 346 valence electrons. The number of amides is 4. The van der Waals surface area contributed by atoms with Crippen LogP contribution in [-0.4, -0.2) is 139 Å². The number of carbonyl (C=O) groups excluding carboxylic acids is 5. The van der Waals surface area contributed by atoms with Crippen molar-refractivity contribution in [3.8, 4) is 0 Å². The number of aliphatic carboxylic acids is 3. The predicted molar refractivity (Wildman–Crippen MR) is 228 cm³/mol. The Labute approximate surface area is 359 Å². The molecule has 0 spiro atoms. The van der Waals surface area contributed by atoms with Gasteiger partial charge < -0.3 is 51.4 Å². The third-order valence-corrected chi connectivity index (χ3v) is 10.5. The van der Waals surface area contributed by atoms with Crippen molar-refractivity contribution in [2.24, 2.45) is 5.92 Å². The summed E-state index contributed by atoms with van der Waals surface area (Å²) < 4.78 is 10.8. The fraction of sp³-hybridized carbons (Fsp3) is 0.805. The molecule has 8 N–H and O–H groups in total. The highest BCUT2D eigenvalue weighted by atomic mass is 32.2. The minimum atomic E-state index is -1.37. The molecular formula is C41H73N5O13S. The van der Waals surface area contributed by atoms with Gasteiger partial charge in [-0.05, 0) is 32.7 Å². The molecule has 0 aliphatic carbocycles. The van der Waals surface area contributed by atoms with Gasteiger partial charge in [0.2, 0.25) is 23.6 Å². The Morgan fingerprint density at radius 2 is 0.933 bits per heavy atom. The van der Waals surface area contributed by atoms with Crippen molar-refractivity contribution in [2.45, 2.75) is 148 Å². The number of Topliss-reactive ketones (excluding diaryl/α,β-unsaturated/α-hetero) is 1. The predicted octanol–water partition coefficient (Wildman–Crippen LogP) is 3.04. The standard InChI is InChI=1S/C41H73N5O13S/c1-30(2)39(53)33(42-3)28-60-29-37(50)44-23-25-59-27-26-58-24-22-43-34(47)20-18-31(40(54)55)46-36(49)21-19-32(41(56)57)45-35(48)16-14-12-10-8-6-4-5-7-9-11-13-15-17-38(51)52/h30-33,42H,4-29H2,1-3H3,(H,43,47)(H,44,50)(H,45,48)(H,46,49)(H,51,52)(H,54,55)(H,56,57). The Balaban J connectivity index is 4.05. The third-order valence-electron chi connectivity index (χ3n) is 9.42. The van der Waals surface area contributed by atoms with Crippen molar-refractivity contribution < 1.29 is 63.1 Å². The monoisotopic (exact) mass is 875 g/mol. The maximum absolute atomic E-state index is 12.5. The topological polar surface area (TPSA) is 276 Å². The lowest BCUT2D eigenvalue weighted by atomic mass is 10.0. The molecule has 0 rings (SSSR count). The first-order chi connectivity index (χ1) is 28.7. The minimum Gasteiger partial charge on any atom is -0.481 e. The summed E-state index contributed by atoms with van der Waals surface area (Å²) in [7, 11) is 1.72. The second kappa shape index (κ2) is 37.0. The molecule has 60 heavy (non-hydrogen) atoms. The smallest absolute Gasteiger partial charge is 0.326 e. The summed E-state index contributed by atoms with van der Waals surface area (Å²) in [5.74, 6) is -4.38. The zero-order chi connectivity index (χ0) is 45.0. The van der Waals surface area contributed by atoms with Crippen LogP contribution in [0.15, 0.2) is 0 Å². The van der Waals surface area contributed by atoms with E-state index in [1.54, 1.807) is 7.05 Å². The molecule has 19 heteroatoms. The lowest BCUT2D eigenvalue weighted by molar-refractivity contribution is -0.143. The largest absolute Gasteiger partial charge is 0.481 e. The fourth-order valence-corrected chi connectivity index (χ4v) is 6.87. The highest BCUT2D eigenvalue weighted by molar-refractivity contribution is 8.00. The molecular weight excluding hydrogens is 803 g/mol. The van der Waals surface area contributed by atoms with Crippen LogP contribution in [0.5, 0.6) is 0 Å². The Hall–Kier alpha value is -3.81. The van der Waals surface area contributed by atoms with Gasteiger partial charge in [-0.25, -0.2) is 9.59 Å². The summed E-state index contributed by atoms with van der Waals surface area (Å²) in [6.07, 6.45) is 11.3. The maximum Gasteiger partial charge on any atom is 0.326 e. The van der Waals surface area contributed by atoms with Crippen LogP contribution in [0.4, 0.5) is 0 Å². The number of carboxylic acids is 3. The van der Waals surface area contributed by atoms with Gasteiger partial charge in [-0.1, -0.05) is 78.1 Å². The van der Waals surface area contributed by atoms with Crippen molar-refractivity contribution in [2.75, 3.05) is 58.1 Å². The number of carbonyl (C=O) groups is 8.